The number of anilines is 1. The molecule has 0 radical (unpaired) electrons. The highest BCUT2D eigenvalue weighted by Crippen LogP contribution is 2.22. The van der Waals surface area contributed by atoms with Gasteiger partial charge in [0.25, 0.3) is 11.8 Å². The number of fused-ring (bicyclic) bond motifs is 1. The molecule has 6 nitrogen and oxygen atoms in total. The topological polar surface area (TPSA) is 75.2 Å². The lowest BCUT2D eigenvalue weighted by Gasteiger charge is -2.13. The number of carbonyl (C=O) groups excluding carboxylic acids is 2. The number of aromatic nitrogens is 2. The first-order valence-corrected chi connectivity index (χ1v) is 7.64. The van der Waals surface area contributed by atoms with Crippen molar-refractivity contribution in [2.24, 2.45) is 0 Å². The van der Waals surface area contributed by atoms with Gasteiger partial charge in [0.05, 0.1) is 23.0 Å². The molecule has 23 heavy (non-hydrogen) atoms. The summed E-state index contributed by atoms with van der Waals surface area (Å²) in [6, 6.07) is 6.96. The van der Waals surface area contributed by atoms with Crippen LogP contribution >= 0.6 is 0 Å². The molecule has 0 saturated carbocycles. The van der Waals surface area contributed by atoms with Gasteiger partial charge in [0, 0.05) is 19.3 Å². The van der Waals surface area contributed by atoms with Crippen LogP contribution in [0.2, 0.25) is 0 Å². The van der Waals surface area contributed by atoms with Crippen molar-refractivity contribution < 1.29 is 9.59 Å². The van der Waals surface area contributed by atoms with Gasteiger partial charge in [-0.1, -0.05) is 12.1 Å². The lowest BCUT2D eigenvalue weighted by Crippen LogP contribution is -2.30. The molecule has 0 fully saturated rings. The lowest BCUT2D eigenvalue weighted by atomic mass is 10.1. The van der Waals surface area contributed by atoms with Crippen molar-refractivity contribution in [3.63, 3.8) is 0 Å². The van der Waals surface area contributed by atoms with Crippen LogP contribution in [0.4, 0.5) is 5.82 Å². The first kappa shape index (κ1) is 15.1. The molecule has 3 rings (SSSR count). The number of aryl methyl sites for hydroxylation is 1. The fourth-order valence-corrected chi connectivity index (χ4v) is 2.60. The minimum absolute atomic E-state index is 0.192. The number of nitrogens with one attached hydrogen (secondary N) is 1. The third-order valence-electron chi connectivity index (χ3n) is 3.75. The summed E-state index contributed by atoms with van der Waals surface area (Å²) in [5.74, 6) is 0.358. The average molecular weight is 310 g/mol. The molecule has 0 saturated heterocycles. The maximum atomic E-state index is 12.2. The molecule has 1 aromatic heterocycles. The van der Waals surface area contributed by atoms with Crippen LogP contribution in [0.25, 0.3) is 0 Å². The smallest absolute Gasteiger partial charge is 0.261 e. The molecular formula is C17H18N4O2. The summed E-state index contributed by atoms with van der Waals surface area (Å²) < 4.78 is 0. The minimum Gasteiger partial charge on any atom is -0.369 e. The number of hydrogen-bond donors (Lipinski definition) is 1. The van der Waals surface area contributed by atoms with Gasteiger partial charge in [-0.3, -0.25) is 19.5 Å². The van der Waals surface area contributed by atoms with Crippen molar-refractivity contribution in [2.45, 2.75) is 19.8 Å². The fraction of sp³-hybridized carbons (Fsp3) is 0.294. The Labute approximate surface area is 134 Å². The zero-order valence-electron chi connectivity index (χ0n) is 13.0. The first-order valence-electron chi connectivity index (χ1n) is 7.64. The van der Waals surface area contributed by atoms with Crippen LogP contribution in [0.15, 0.2) is 36.7 Å². The Morgan fingerprint density at radius 3 is 2.39 bits per heavy atom. The molecule has 6 heteroatoms. The third-order valence-corrected chi connectivity index (χ3v) is 3.75. The van der Waals surface area contributed by atoms with E-state index in [1.807, 2.05) is 6.92 Å². The number of rotatable bonds is 6. The van der Waals surface area contributed by atoms with E-state index in [-0.39, 0.29) is 11.8 Å². The van der Waals surface area contributed by atoms with E-state index in [4.69, 9.17) is 0 Å². The number of carbonyl (C=O) groups is 2. The Hall–Kier alpha value is -2.76. The van der Waals surface area contributed by atoms with Crippen LogP contribution in [-0.2, 0) is 0 Å². The SMILES string of the molecule is Cc1cncc(NCCCCN2C(=O)c3ccccc3C2=O)n1. The molecule has 118 valence electrons. The van der Waals surface area contributed by atoms with E-state index in [2.05, 4.69) is 15.3 Å². The monoisotopic (exact) mass is 310 g/mol. The summed E-state index contributed by atoms with van der Waals surface area (Å²) in [4.78, 5) is 34.1. The standard InChI is InChI=1S/C17H18N4O2/c1-12-10-18-11-15(20-12)19-8-4-5-9-21-16(22)13-6-2-3-7-14(13)17(21)23/h2-3,6-7,10-11H,4-5,8-9H2,1H3,(H,19,20). The van der Waals surface area contributed by atoms with Gasteiger partial charge in [-0.15, -0.1) is 0 Å². The highest BCUT2D eigenvalue weighted by atomic mass is 16.2. The van der Waals surface area contributed by atoms with Crippen molar-refractivity contribution in [2.75, 3.05) is 18.4 Å². The molecule has 1 aliphatic heterocycles. The van der Waals surface area contributed by atoms with Gasteiger partial charge in [0.2, 0.25) is 0 Å². The van der Waals surface area contributed by atoms with Gasteiger partial charge >= 0.3 is 0 Å². The Morgan fingerprint density at radius 2 is 1.74 bits per heavy atom. The third kappa shape index (κ3) is 3.21. The van der Waals surface area contributed by atoms with Crippen molar-refractivity contribution >= 4 is 17.6 Å². The van der Waals surface area contributed by atoms with Crippen LogP contribution in [0.3, 0.4) is 0 Å². The van der Waals surface area contributed by atoms with Crippen LogP contribution < -0.4 is 5.32 Å². The number of hydrogen-bond acceptors (Lipinski definition) is 5. The maximum Gasteiger partial charge on any atom is 0.261 e. The zero-order valence-corrected chi connectivity index (χ0v) is 13.0. The van der Waals surface area contributed by atoms with Gasteiger partial charge in [-0.05, 0) is 31.9 Å². The average Bonchev–Trinajstić information content (AvgIpc) is 2.80. The Balaban J connectivity index is 1.47. The Kier molecular flexibility index (Phi) is 4.32. The van der Waals surface area contributed by atoms with Gasteiger partial charge in [-0.2, -0.15) is 0 Å². The lowest BCUT2D eigenvalue weighted by molar-refractivity contribution is 0.0652. The number of imide groups is 1. The predicted molar refractivity (Wildman–Crippen MR) is 86.3 cm³/mol. The number of benzene rings is 1. The second-order valence-corrected chi connectivity index (χ2v) is 5.49. The zero-order chi connectivity index (χ0) is 16.2. The largest absolute Gasteiger partial charge is 0.369 e. The molecular weight excluding hydrogens is 292 g/mol. The van der Waals surface area contributed by atoms with E-state index in [1.54, 1.807) is 36.7 Å². The van der Waals surface area contributed by atoms with Crippen molar-refractivity contribution in [3.05, 3.63) is 53.5 Å². The van der Waals surface area contributed by atoms with E-state index in [9.17, 15) is 9.59 Å². The molecule has 1 aliphatic rings. The van der Waals surface area contributed by atoms with Crippen LogP contribution in [0, 0.1) is 6.92 Å². The summed E-state index contributed by atoms with van der Waals surface area (Å²) in [5, 5.41) is 3.19. The molecule has 1 N–H and O–H groups in total. The van der Waals surface area contributed by atoms with E-state index in [0.29, 0.717) is 17.7 Å². The molecule has 0 atom stereocenters. The van der Waals surface area contributed by atoms with Crippen LogP contribution in [0.5, 0.6) is 0 Å². The van der Waals surface area contributed by atoms with Crippen molar-refractivity contribution in [1.29, 1.82) is 0 Å². The second kappa shape index (κ2) is 6.56. The van der Waals surface area contributed by atoms with Gasteiger partial charge < -0.3 is 5.32 Å². The molecule has 1 aromatic carbocycles. The number of amides is 2. The van der Waals surface area contributed by atoms with Crippen molar-refractivity contribution in [3.8, 4) is 0 Å². The predicted octanol–water partition coefficient (Wildman–Crippen LogP) is 2.27. The molecule has 2 amide bonds. The molecule has 2 aromatic rings. The maximum absolute atomic E-state index is 12.2. The van der Waals surface area contributed by atoms with E-state index < -0.39 is 0 Å². The summed E-state index contributed by atoms with van der Waals surface area (Å²) in [6.07, 6.45) is 4.96. The van der Waals surface area contributed by atoms with Crippen LogP contribution in [0.1, 0.15) is 39.3 Å². The molecule has 0 unspecified atom stereocenters. The normalized spacial score (nSPS) is 13.3. The highest BCUT2D eigenvalue weighted by molar-refractivity contribution is 6.21. The van der Waals surface area contributed by atoms with Gasteiger partial charge in [-0.25, -0.2) is 4.98 Å². The molecule has 0 spiro atoms. The Morgan fingerprint density at radius 1 is 1.04 bits per heavy atom. The first-order chi connectivity index (χ1) is 11.2. The van der Waals surface area contributed by atoms with Crippen LogP contribution in [-0.4, -0.2) is 39.8 Å². The molecule has 0 bridgehead atoms. The highest BCUT2D eigenvalue weighted by Gasteiger charge is 2.34. The van der Waals surface area contributed by atoms with Gasteiger partial charge in [0.15, 0.2) is 0 Å². The molecule has 0 aliphatic carbocycles. The quantitative estimate of drug-likeness (QED) is 0.654. The van der Waals surface area contributed by atoms with Gasteiger partial charge in [0.1, 0.15) is 5.82 Å². The summed E-state index contributed by atoms with van der Waals surface area (Å²) in [5.41, 5.74) is 1.87. The number of nitrogens with zero attached hydrogens (tertiary/aromatic N) is 3. The summed E-state index contributed by atoms with van der Waals surface area (Å²) >= 11 is 0. The van der Waals surface area contributed by atoms with Crippen molar-refractivity contribution in [1.82, 2.24) is 14.9 Å². The Bertz CT molecular complexity index is 710. The van der Waals surface area contributed by atoms with E-state index in [1.165, 1.54) is 4.90 Å². The minimum atomic E-state index is -0.192. The summed E-state index contributed by atoms with van der Waals surface area (Å²) in [6.45, 7) is 3.05. The second-order valence-electron chi connectivity index (χ2n) is 5.49. The van der Waals surface area contributed by atoms with E-state index in [0.717, 1.165) is 30.9 Å². The fourth-order valence-electron chi connectivity index (χ4n) is 2.60. The summed E-state index contributed by atoms with van der Waals surface area (Å²) in [7, 11) is 0. The number of unbranched alkanes of at least 4 members (excludes halogenated alkanes) is 1. The molecule has 2 heterocycles. The van der Waals surface area contributed by atoms with E-state index >= 15 is 0 Å².